The van der Waals surface area contributed by atoms with Gasteiger partial charge in [-0.25, -0.2) is 0 Å². The molecule has 0 aromatic heterocycles. The van der Waals surface area contributed by atoms with Crippen LogP contribution in [0.25, 0.3) is 0 Å². The molecule has 3 heterocycles. The van der Waals surface area contributed by atoms with Crippen molar-refractivity contribution in [3.05, 3.63) is 0 Å². The van der Waals surface area contributed by atoms with Gasteiger partial charge in [0, 0.05) is 59.2 Å². The van der Waals surface area contributed by atoms with Crippen LogP contribution in [-0.2, 0) is 19.8 Å². The second-order valence-corrected chi connectivity index (χ2v) is 9.57. The number of piperidine rings is 1. The predicted octanol–water partition coefficient (Wildman–Crippen LogP) is -0.757. The number of rotatable bonds is 2. The Morgan fingerprint density at radius 1 is 1.17 bits per heavy atom. The van der Waals surface area contributed by atoms with Gasteiger partial charge < -0.3 is 10.2 Å². The second-order valence-electron chi connectivity index (χ2n) is 7.43. The van der Waals surface area contributed by atoms with Crippen molar-refractivity contribution in [2.45, 2.75) is 26.2 Å². The van der Waals surface area contributed by atoms with E-state index in [9.17, 15) is 18.0 Å². The Morgan fingerprint density at radius 2 is 1.79 bits per heavy atom. The minimum absolute atomic E-state index is 0.0192. The Kier molecular flexibility index (Phi) is 4.17. The first-order valence-electron chi connectivity index (χ1n) is 8.36. The van der Waals surface area contributed by atoms with Gasteiger partial charge in [0.25, 0.3) is 10.2 Å². The van der Waals surface area contributed by atoms with Crippen molar-refractivity contribution < 1.29 is 18.0 Å². The summed E-state index contributed by atoms with van der Waals surface area (Å²) < 4.78 is 27.4. The van der Waals surface area contributed by atoms with Crippen LogP contribution in [0.1, 0.15) is 26.2 Å². The monoisotopic (exact) mass is 358 g/mol. The Labute approximate surface area is 143 Å². The molecule has 3 fully saturated rings. The molecule has 2 amide bonds. The van der Waals surface area contributed by atoms with E-state index >= 15 is 0 Å². The Bertz CT molecular complexity index is 654. The summed E-state index contributed by atoms with van der Waals surface area (Å²) in [5.74, 6) is 0.00413. The molecule has 9 heteroatoms. The Hall–Kier alpha value is -1.19. The number of nitrogens with one attached hydrogen (secondary N) is 1. The number of nitrogens with zero attached hydrogens (tertiary/aromatic N) is 3. The molecule has 8 nitrogen and oxygen atoms in total. The van der Waals surface area contributed by atoms with Crippen LogP contribution in [-0.4, -0.2) is 80.6 Å². The lowest BCUT2D eigenvalue weighted by Gasteiger charge is -2.46. The summed E-state index contributed by atoms with van der Waals surface area (Å²) in [7, 11) is -0.386. The minimum atomic E-state index is -3.44. The molecule has 3 aliphatic heterocycles. The maximum atomic E-state index is 12.6. The van der Waals surface area contributed by atoms with Gasteiger partial charge in [-0.2, -0.15) is 17.0 Å². The Morgan fingerprint density at radius 3 is 2.25 bits per heavy atom. The number of amides is 2. The third-order valence-electron chi connectivity index (χ3n) is 6.15. The first-order valence-corrected chi connectivity index (χ1v) is 9.76. The SMILES string of the molecule is CC(=O)N1CC2(CCN(S(=O)(=O)N(C)C)CC2)C2(CCNC2=O)C1. The highest BCUT2D eigenvalue weighted by molar-refractivity contribution is 7.86. The van der Waals surface area contributed by atoms with Gasteiger partial charge in [-0.1, -0.05) is 0 Å². The van der Waals surface area contributed by atoms with Gasteiger partial charge in [-0.05, 0) is 19.3 Å². The summed E-state index contributed by atoms with van der Waals surface area (Å²) in [6, 6.07) is 0. The lowest BCUT2D eigenvalue weighted by atomic mass is 9.60. The zero-order valence-corrected chi connectivity index (χ0v) is 15.4. The van der Waals surface area contributed by atoms with Crippen molar-refractivity contribution in [2.24, 2.45) is 10.8 Å². The quantitative estimate of drug-likeness (QED) is 0.703. The summed E-state index contributed by atoms with van der Waals surface area (Å²) in [6.07, 6.45) is 1.94. The molecule has 0 aromatic rings. The topological polar surface area (TPSA) is 90.0 Å². The van der Waals surface area contributed by atoms with Crippen molar-refractivity contribution in [1.29, 1.82) is 0 Å². The summed E-state index contributed by atoms with van der Waals surface area (Å²) >= 11 is 0. The van der Waals surface area contributed by atoms with Crippen LogP contribution < -0.4 is 5.32 Å². The molecule has 3 saturated heterocycles. The number of hydrogen-bond acceptors (Lipinski definition) is 4. The van der Waals surface area contributed by atoms with Gasteiger partial charge >= 0.3 is 0 Å². The van der Waals surface area contributed by atoms with E-state index in [2.05, 4.69) is 5.32 Å². The number of carbonyl (C=O) groups excluding carboxylic acids is 2. The fourth-order valence-corrected chi connectivity index (χ4v) is 5.74. The van der Waals surface area contributed by atoms with E-state index in [-0.39, 0.29) is 17.2 Å². The lowest BCUT2D eigenvalue weighted by molar-refractivity contribution is -0.133. The van der Waals surface area contributed by atoms with Crippen LogP contribution in [0.3, 0.4) is 0 Å². The average molecular weight is 358 g/mol. The molecule has 1 unspecified atom stereocenters. The summed E-state index contributed by atoms with van der Waals surface area (Å²) in [6.45, 7) is 3.94. The van der Waals surface area contributed by atoms with Crippen LogP contribution in [0.5, 0.6) is 0 Å². The summed E-state index contributed by atoms with van der Waals surface area (Å²) in [5.41, 5.74) is -0.885. The molecule has 24 heavy (non-hydrogen) atoms. The van der Waals surface area contributed by atoms with Crippen LogP contribution in [0.2, 0.25) is 0 Å². The normalized spacial score (nSPS) is 30.5. The fourth-order valence-electron chi connectivity index (χ4n) is 4.63. The largest absolute Gasteiger partial charge is 0.356 e. The highest BCUT2D eigenvalue weighted by Crippen LogP contribution is 2.56. The van der Waals surface area contributed by atoms with E-state index in [1.807, 2.05) is 0 Å². The third kappa shape index (κ3) is 2.36. The van der Waals surface area contributed by atoms with E-state index in [4.69, 9.17) is 0 Å². The second kappa shape index (κ2) is 5.67. The number of fused-ring (bicyclic) bond motifs is 1. The summed E-state index contributed by atoms with van der Waals surface area (Å²) in [5, 5.41) is 2.93. The highest BCUT2D eigenvalue weighted by Gasteiger charge is 2.64. The number of hydrogen-bond donors (Lipinski definition) is 1. The van der Waals surface area contributed by atoms with Gasteiger partial charge in [-0.15, -0.1) is 0 Å². The first-order chi connectivity index (χ1) is 11.1. The van der Waals surface area contributed by atoms with Crippen molar-refractivity contribution in [2.75, 3.05) is 46.8 Å². The molecule has 1 atom stereocenters. The van der Waals surface area contributed by atoms with Gasteiger partial charge in [0.15, 0.2) is 0 Å². The molecule has 0 bridgehead atoms. The van der Waals surface area contributed by atoms with Crippen molar-refractivity contribution in [1.82, 2.24) is 18.8 Å². The van der Waals surface area contributed by atoms with Gasteiger partial charge in [0.2, 0.25) is 11.8 Å². The van der Waals surface area contributed by atoms with Crippen LogP contribution in [0.4, 0.5) is 0 Å². The van der Waals surface area contributed by atoms with Gasteiger partial charge in [0.1, 0.15) is 0 Å². The molecule has 2 spiro atoms. The van der Waals surface area contributed by atoms with Gasteiger partial charge in [-0.3, -0.25) is 9.59 Å². The zero-order valence-electron chi connectivity index (χ0n) is 14.5. The molecule has 0 saturated carbocycles. The molecule has 0 radical (unpaired) electrons. The Balaban J connectivity index is 1.87. The van der Waals surface area contributed by atoms with Crippen LogP contribution in [0, 0.1) is 10.8 Å². The molecule has 1 N–H and O–H groups in total. The van der Waals surface area contributed by atoms with Crippen LogP contribution >= 0.6 is 0 Å². The van der Waals surface area contributed by atoms with E-state index in [1.165, 1.54) is 29.6 Å². The molecular weight excluding hydrogens is 332 g/mol. The maximum Gasteiger partial charge on any atom is 0.281 e. The average Bonchev–Trinajstić information content (AvgIpc) is 3.03. The van der Waals surface area contributed by atoms with Crippen molar-refractivity contribution in [3.8, 4) is 0 Å². The van der Waals surface area contributed by atoms with E-state index in [1.54, 1.807) is 4.90 Å². The minimum Gasteiger partial charge on any atom is -0.356 e. The predicted molar refractivity (Wildman–Crippen MR) is 88.2 cm³/mol. The number of carbonyl (C=O) groups is 2. The number of likely N-dealkylation sites (tertiary alicyclic amines) is 1. The molecule has 3 rings (SSSR count). The van der Waals surface area contributed by atoms with E-state index < -0.39 is 15.6 Å². The molecule has 136 valence electrons. The first kappa shape index (κ1) is 17.6. The van der Waals surface area contributed by atoms with E-state index in [0.29, 0.717) is 45.6 Å². The standard InChI is InChI=1S/C15H26N4O4S/c1-12(20)18-10-14(15(11-18)4-7-16-13(15)21)5-8-19(9-6-14)24(22,23)17(2)3/h4-11H2,1-3H3,(H,16,21). The third-order valence-corrected chi connectivity index (χ3v) is 8.09. The molecule has 3 aliphatic rings. The molecule has 0 aliphatic carbocycles. The lowest BCUT2D eigenvalue weighted by Crippen LogP contribution is -2.54. The van der Waals surface area contributed by atoms with Crippen molar-refractivity contribution in [3.63, 3.8) is 0 Å². The molecular formula is C15H26N4O4S. The fraction of sp³-hybridized carbons (Fsp3) is 0.867. The smallest absolute Gasteiger partial charge is 0.281 e. The highest BCUT2D eigenvalue weighted by atomic mass is 32.2. The summed E-state index contributed by atoms with van der Waals surface area (Å²) in [4.78, 5) is 26.3. The zero-order chi connectivity index (χ0) is 17.8. The molecule has 0 aromatic carbocycles. The van der Waals surface area contributed by atoms with Crippen molar-refractivity contribution >= 4 is 22.0 Å². The van der Waals surface area contributed by atoms with Crippen LogP contribution in [0.15, 0.2) is 0 Å². The van der Waals surface area contributed by atoms with E-state index in [0.717, 1.165) is 6.42 Å². The maximum absolute atomic E-state index is 12.6. The van der Waals surface area contributed by atoms with Gasteiger partial charge in [0.05, 0.1) is 5.41 Å².